The highest BCUT2D eigenvalue weighted by Gasteiger charge is 2.33. The highest BCUT2D eigenvalue weighted by atomic mass is 16.3. The van der Waals surface area contributed by atoms with Crippen molar-refractivity contribution >= 4 is 0 Å². The molecule has 3 atom stereocenters. The van der Waals surface area contributed by atoms with E-state index in [2.05, 4.69) is 24.1 Å². The van der Waals surface area contributed by atoms with Crippen LogP contribution in [0.3, 0.4) is 0 Å². The molecule has 19 heavy (non-hydrogen) atoms. The minimum Gasteiger partial charge on any atom is -0.395 e. The average molecular weight is 268 g/mol. The van der Waals surface area contributed by atoms with E-state index < -0.39 is 0 Å². The first-order chi connectivity index (χ1) is 9.22. The Labute approximate surface area is 118 Å². The number of aliphatic hydroxyl groups is 1. The van der Waals surface area contributed by atoms with E-state index in [1.807, 2.05) is 0 Å². The second-order valence-corrected chi connectivity index (χ2v) is 6.77. The van der Waals surface area contributed by atoms with Crippen LogP contribution >= 0.6 is 0 Å². The van der Waals surface area contributed by atoms with E-state index in [-0.39, 0.29) is 0 Å². The Morgan fingerprint density at radius 3 is 2.58 bits per heavy atom. The molecular weight excluding hydrogens is 236 g/mol. The second kappa shape index (κ2) is 7.61. The Balaban J connectivity index is 1.97. The van der Waals surface area contributed by atoms with Crippen molar-refractivity contribution in [1.29, 1.82) is 0 Å². The van der Waals surface area contributed by atoms with Gasteiger partial charge < -0.3 is 10.4 Å². The smallest absolute Gasteiger partial charge is 0.0558 e. The minimum absolute atomic E-state index is 0.300. The quantitative estimate of drug-likeness (QED) is 0.775. The number of aliphatic hydroxyl groups excluding tert-OH is 1. The number of hydrogen-bond donors (Lipinski definition) is 2. The highest BCUT2D eigenvalue weighted by Crippen LogP contribution is 2.33. The zero-order chi connectivity index (χ0) is 13.7. The molecule has 0 bridgehead atoms. The Kier molecular flexibility index (Phi) is 6.11. The number of nitrogens with zero attached hydrogens (tertiary/aromatic N) is 1. The van der Waals surface area contributed by atoms with E-state index in [1.54, 1.807) is 0 Å². The van der Waals surface area contributed by atoms with Crippen LogP contribution < -0.4 is 5.32 Å². The Morgan fingerprint density at radius 1 is 1.16 bits per heavy atom. The fourth-order valence-electron chi connectivity index (χ4n) is 4.09. The maximum Gasteiger partial charge on any atom is 0.0558 e. The minimum atomic E-state index is 0.300. The number of hydrogen-bond acceptors (Lipinski definition) is 3. The van der Waals surface area contributed by atoms with Gasteiger partial charge in [-0.05, 0) is 44.1 Å². The molecule has 3 unspecified atom stereocenters. The first-order valence-corrected chi connectivity index (χ1v) is 8.30. The van der Waals surface area contributed by atoms with Gasteiger partial charge in [-0.1, -0.05) is 26.7 Å². The summed E-state index contributed by atoms with van der Waals surface area (Å²) in [7, 11) is 0. The lowest BCUT2D eigenvalue weighted by atomic mass is 9.77. The average Bonchev–Trinajstić information content (AvgIpc) is 2.91. The van der Waals surface area contributed by atoms with Crippen LogP contribution in [-0.2, 0) is 0 Å². The molecule has 2 N–H and O–H groups in total. The standard InChI is InChI=1S/C16H32N2O/c1-13(2)15-7-3-4-8-16(15)18(10-11-19)12-14-6-5-9-17-14/h13-17,19H,3-12H2,1-2H3. The van der Waals surface area contributed by atoms with Gasteiger partial charge in [-0.3, -0.25) is 4.90 Å². The summed E-state index contributed by atoms with van der Waals surface area (Å²) in [6, 6.07) is 1.35. The molecule has 1 aliphatic heterocycles. The molecule has 112 valence electrons. The largest absolute Gasteiger partial charge is 0.395 e. The van der Waals surface area contributed by atoms with Crippen LogP contribution in [0.15, 0.2) is 0 Å². The molecule has 2 rings (SSSR count). The lowest BCUT2D eigenvalue weighted by Crippen LogP contribution is -2.49. The summed E-state index contributed by atoms with van der Waals surface area (Å²) in [4.78, 5) is 2.59. The van der Waals surface area contributed by atoms with Gasteiger partial charge in [-0.15, -0.1) is 0 Å². The molecule has 3 nitrogen and oxygen atoms in total. The summed E-state index contributed by atoms with van der Waals surface area (Å²) in [5.74, 6) is 1.59. The molecule has 1 aliphatic carbocycles. The molecule has 3 heteroatoms. The third-order valence-electron chi connectivity index (χ3n) is 5.11. The summed E-state index contributed by atoms with van der Waals surface area (Å²) >= 11 is 0. The molecule has 1 saturated carbocycles. The van der Waals surface area contributed by atoms with Gasteiger partial charge in [-0.25, -0.2) is 0 Å². The van der Waals surface area contributed by atoms with E-state index >= 15 is 0 Å². The highest BCUT2D eigenvalue weighted by molar-refractivity contribution is 4.88. The van der Waals surface area contributed by atoms with Crippen molar-refractivity contribution in [3.05, 3.63) is 0 Å². The van der Waals surface area contributed by atoms with Crippen LogP contribution in [0.2, 0.25) is 0 Å². The fraction of sp³-hybridized carbons (Fsp3) is 1.00. The van der Waals surface area contributed by atoms with Crippen LogP contribution in [0.4, 0.5) is 0 Å². The van der Waals surface area contributed by atoms with Crippen molar-refractivity contribution in [1.82, 2.24) is 10.2 Å². The first kappa shape index (κ1) is 15.3. The van der Waals surface area contributed by atoms with Gasteiger partial charge in [0.05, 0.1) is 6.61 Å². The molecule has 1 saturated heterocycles. The lowest BCUT2D eigenvalue weighted by Gasteiger charge is -2.42. The molecule has 2 fully saturated rings. The van der Waals surface area contributed by atoms with Gasteiger partial charge >= 0.3 is 0 Å². The number of rotatable bonds is 6. The van der Waals surface area contributed by atoms with Crippen molar-refractivity contribution in [3.63, 3.8) is 0 Å². The summed E-state index contributed by atoms with van der Waals surface area (Å²) < 4.78 is 0. The lowest BCUT2D eigenvalue weighted by molar-refractivity contribution is 0.0574. The van der Waals surface area contributed by atoms with Gasteiger partial charge in [-0.2, -0.15) is 0 Å². The van der Waals surface area contributed by atoms with Crippen molar-refractivity contribution in [2.24, 2.45) is 11.8 Å². The van der Waals surface area contributed by atoms with Gasteiger partial charge in [0.25, 0.3) is 0 Å². The monoisotopic (exact) mass is 268 g/mol. The van der Waals surface area contributed by atoms with E-state index in [9.17, 15) is 5.11 Å². The van der Waals surface area contributed by atoms with E-state index in [0.29, 0.717) is 18.7 Å². The Bertz CT molecular complexity index is 251. The van der Waals surface area contributed by atoms with Crippen molar-refractivity contribution in [2.45, 2.75) is 64.5 Å². The third kappa shape index (κ3) is 4.17. The molecule has 1 heterocycles. The zero-order valence-corrected chi connectivity index (χ0v) is 12.8. The topological polar surface area (TPSA) is 35.5 Å². The summed E-state index contributed by atoms with van der Waals surface area (Å²) in [5.41, 5.74) is 0. The molecule has 0 spiro atoms. The van der Waals surface area contributed by atoms with Gasteiger partial charge in [0, 0.05) is 25.2 Å². The molecule has 0 radical (unpaired) electrons. The van der Waals surface area contributed by atoms with Crippen LogP contribution in [0, 0.1) is 11.8 Å². The van der Waals surface area contributed by atoms with Crippen molar-refractivity contribution < 1.29 is 5.11 Å². The summed E-state index contributed by atoms with van der Waals surface area (Å²) in [6.07, 6.45) is 8.09. The summed E-state index contributed by atoms with van der Waals surface area (Å²) in [5, 5.41) is 13.0. The Morgan fingerprint density at radius 2 is 1.95 bits per heavy atom. The maximum atomic E-state index is 9.40. The van der Waals surface area contributed by atoms with E-state index in [1.165, 1.54) is 45.1 Å². The van der Waals surface area contributed by atoms with Crippen LogP contribution in [0.25, 0.3) is 0 Å². The van der Waals surface area contributed by atoms with Crippen LogP contribution in [-0.4, -0.2) is 48.3 Å². The van der Waals surface area contributed by atoms with Gasteiger partial charge in [0.15, 0.2) is 0 Å². The SMILES string of the molecule is CC(C)C1CCCCC1N(CCO)CC1CCCN1. The maximum absolute atomic E-state index is 9.40. The van der Waals surface area contributed by atoms with E-state index in [4.69, 9.17) is 0 Å². The molecule has 0 aromatic carbocycles. The predicted octanol–water partition coefficient (Wildman–Crippen LogP) is 2.25. The second-order valence-electron chi connectivity index (χ2n) is 6.77. The fourth-order valence-corrected chi connectivity index (χ4v) is 4.09. The Hall–Kier alpha value is -0.120. The molecule has 0 aromatic heterocycles. The number of nitrogens with one attached hydrogen (secondary N) is 1. The van der Waals surface area contributed by atoms with Crippen LogP contribution in [0.1, 0.15) is 52.4 Å². The molecule has 2 aliphatic rings. The van der Waals surface area contributed by atoms with Crippen molar-refractivity contribution in [3.8, 4) is 0 Å². The van der Waals surface area contributed by atoms with Gasteiger partial charge in [0.1, 0.15) is 0 Å². The van der Waals surface area contributed by atoms with Crippen molar-refractivity contribution in [2.75, 3.05) is 26.2 Å². The first-order valence-electron chi connectivity index (χ1n) is 8.30. The normalized spacial score (nSPS) is 32.4. The predicted molar refractivity (Wildman–Crippen MR) is 80.3 cm³/mol. The zero-order valence-electron chi connectivity index (χ0n) is 12.8. The van der Waals surface area contributed by atoms with Crippen LogP contribution in [0.5, 0.6) is 0 Å². The molecular formula is C16H32N2O. The molecule has 0 amide bonds. The van der Waals surface area contributed by atoms with Gasteiger partial charge in [0.2, 0.25) is 0 Å². The third-order valence-corrected chi connectivity index (χ3v) is 5.11. The molecule has 0 aromatic rings. The van der Waals surface area contributed by atoms with E-state index in [0.717, 1.165) is 24.9 Å². The summed E-state index contributed by atoms with van der Waals surface area (Å²) in [6.45, 7) is 8.20.